The highest BCUT2D eigenvalue weighted by Gasteiger charge is 1.99. The predicted molar refractivity (Wildman–Crippen MR) is 67.5 cm³/mol. The molecule has 0 aromatic heterocycles. The lowest BCUT2D eigenvalue weighted by atomic mass is 10.3. The van der Waals surface area contributed by atoms with Gasteiger partial charge in [0.1, 0.15) is 0 Å². The van der Waals surface area contributed by atoms with Crippen LogP contribution in [0, 0.1) is 0 Å². The van der Waals surface area contributed by atoms with Crippen LogP contribution in [0.5, 0.6) is 0 Å². The monoisotopic (exact) mass is 286 g/mol. The van der Waals surface area contributed by atoms with Crippen LogP contribution in [0.4, 0.5) is 5.69 Å². The van der Waals surface area contributed by atoms with E-state index >= 15 is 0 Å². The number of amides is 1. The molecule has 5 heteroatoms. The molecule has 0 spiro atoms. The maximum atomic E-state index is 11.3. The number of hydrogen-bond acceptors (Lipinski definition) is 3. The smallest absolute Gasteiger partial charge is 0.239 e. The lowest BCUT2D eigenvalue weighted by Gasteiger charge is -2.07. The molecule has 88 valence electrons. The molecule has 0 aliphatic heterocycles. The molecule has 1 amide bonds. The van der Waals surface area contributed by atoms with Crippen LogP contribution in [-0.4, -0.2) is 32.7 Å². The van der Waals surface area contributed by atoms with Crippen molar-refractivity contribution in [2.75, 3.05) is 32.1 Å². The van der Waals surface area contributed by atoms with Crippen molar-refractivity contribution in [1.82, 2.24) is 5.32 Å². The molecule has 0 aliphatic carbocycles. The van der Waals surface area contributed by atoms with Gasteiger partial charge in [0.2, 0.25) is 5.91 Å². The summed E-state index contributed by atoms with van der Waals surface area (Å²) < 4.78 is 5.84. The lowest BCUT2D eigenvalue weighted by Crippen LogP contribution is -2.32. The van der Waals surface area contributed by atoms with Crippen molar-refractivity contribution in [1.29, 1.82) is 0 Å². The number of nitrogens with one attached hydrogen (secondary N) is 2. The summed E-state index contributed by atoms with van der Waals surface area (Å²) in [5.74, 6) is -0.0417. The van der Waals surface area contributed by atoms with E-state index in [1.165, 1.54) is 0 Å². The van der Waals surface area contributed by atoms with E-state index in [1.54, 1.807) is 7.11 Å². The van der Waals surface area contributed by atoms with E-state index in [0.29, 0.717) is 13.2 Å². The molecule has 0 saturated carbocycles. The Bertz CT molecular complexity index is 327. The third kappa shape index (κ3) is 5.14. The second kappa shape index (κ2) is 7.24. The Morgan fingerprint density at radius 1 is 1.38 bits per heavy atom. The number of carbonyl (C=O) groups excluding carboxylic acids is 1. The van der Waals surface area contributed by atoms with Gasteiger partial charge in [-0.1, -0.05) is 15.9 Å². The highest BCUT2D eigenvalue weighted by Crippen LogP contribution is 2.13. The van der Waals surface area contributed by atoms with Crippen molar-refractivity contribution in [3.63, 3.8) is 0 Å². The molecule has 0 unspecified atom stereocenters. The summed E-state index contributed by atoms with van der Waals surface area (Å²) in [4.78, 5) is 11.3. The summed E-state index contributed by atoms with van der Waals surface area (Å²) in [6, 6.07) is 7.66. The van der Waals surface area contributed by atoms with Crippen molar-refractivity contribution < 1.29 is 9.53 Å². The van der Waals surface area contributed by atoms with E-state index in [4.69, 9.17) is 4.74 Å². The maximum Gasteiger partial charge on any atom is 0.239 e. The average molecular weight is 287 g/mol. The number of anilines is 1. The van der Waals surface area contributed by atoms with Crippen molar-refractivity contribution in [3.8, 4) is 0 Å². The quantitative estimate of drug-likeness (QED) is 0.782. The largest absolute Gasteiger partial charge is 0.383 e. The number of rotatable bonds is 6. The third-order valence-corrected chi connectivity index (χ3v) is 2.45. The van der Waals surface area contributed by atoms with Gasteiger partial charge in [0.25, 0.3) is 0 Å². The molecule has 0 atom stereocenters. The van der Waals surface area contributed by atoms with E-state index in [9.17, 15) is 4.79 Å². The molecule has 16 heavy (non-hydrogen) atoms. The van der Waals surface area contributed by atoms with E-state index in [-0.39, 0.29) is 12.5 Å². The zero-order valence-electron chi connectivity index (χ0n) is 9.13. The first-order valence-corrected chi connectivity index (χ1v) is 5.77. The standard InChI is InChI=1S/C11H15BrN2O2/c1-16-7-6-13-11(15)8-14-10-4-2-9(12)3-5-10/h2-5,14H,6-8H2,1H3,(H,13,15). The molecule has 0 bridgehead atoms. The summed E-state index contributed by atoms with van der Waals surface area (Å²) in [5.41, 5.74) is 0.921. The summed E-state index contributed by atoms with van der Waals surface area (Å²) in [6.45, 7) is 1.34. The van der Waals surface area contributed by atoms with Gasteiger partial charge in [-0.25, -0.2) is 0 Å². The molecule has 2 N–H and O–H groups in total. The van der Waals surface area contributed by atoms with Crippen LogP contribution in [0.3, 0.4) is 0 Å². The number of carbonyl (C=O) groups is 1. The Labute approximate surface area is 103 Å². The average Bonchev–Trinajstić information content (AvgIpc) is 2.29. The molecule has 0 saturated heterocycles. The lowest BCUT2D eigenvalue weighted by molar-refractivity contribution is -0.119. The van der Waals surface area contributed by atoms with Gasteiger partial charge in [-0.2, -0.15) is 0 Å². The van der Waals surface area contributed by atoms with Gasteiger partial charge in [-0.15, -0.1) is 0 Å². The highest BCUT2D eigenvalue weighted by atomic mass is 79.9. The molecule has 1 rings (SSSR count). The zero-order valence-corrected chi connectivity index (χ0v) is 10.7. The third-order valence-electron chi connectivity index (χ3n) is 1.93. The molecular weight excluding hydrogens is 272 g/mol. The second-order valence-corrected chi connectivity index (χ2v) is 4.12. The van der Waals surface area contributed by atoms with Crippen molar-refractivity contribution in [3.05, 3.63) is 28.7 Å². The van der Waals surface area contributed by atoms with Crippen molar-refractivity contribution in [2.45, 2.75) is 0 Å². The van der Waals surface area contributed by atoms with Crippen LogP contribution in [0.1, 0.15) is 0 Å². The Hall–Kier alpha value is -1.07. The molecule has 0 radical (unpaired) electrons. The van der Waals surface area contributed by atoms with Crippen LogP contribution in [-0.2, 0) is 9.53 Å². The maximum absolute atomic E-state index is 11.3. The summed E-state index contributed by atoms with van der Waals surface area (Å²) >= 11 is 3.35. The van der Waals surface area contributed by atoms with Gasteiger partial charge >= 0.3 is 0 Å². The van der Waals surface area contributed by atoms with Crippen LogP contribution in [0.15, 0.2) is 28.7 Å². The van der Waals surface area contributed by atoms with Gasteiger partial charge in [-0.05, 0) is 24.3 Å². The Morgan fingerprint density at radius 2 is 2.06 bits per heavy atom. The van der Waals surface area contributed by atoms with Gasteiger partial charge in [0.05, 0.1) is 13.2 Å². The molecule has 1 aromatic carbocycles. The normalized spacial score (nSPS) is 9.88. The van der Waals surface area contributed by atoms with Gasteiger partial charge < -0.3 is 15.4 Å². The van der Waals surface area contributed by atoms with Gasteiger partial charge in [0, 0.05) is 23.8 Å². The minimum atomic E-state index is -0.0417. The number of hydrogen-bond donors (Lipinski definition) is 2. The second-order valence-electron chi connectivity index (χ2n) is 3.20. The van der Waals surface area contributed by atoms with E-state index in [1.807, 2.05) is 24.3 Å². The fourth-order valence-electron chi connectivity index (χ4n) is 1.11. The number of benzene rings is 1. The Balaban J connectivity index is 2.23. The molecule has 0 heterocycles. The topological polar surface area (TPSA) is 50.4 Å². The minimum absolute atomic E-state index is 0.0417. The van der Waals surface area contributed by atoms with E-state index < -0.39 is 0 Å². The highest BCUT2D eigenvalue weighted by molar-refractivity contribution is 9.10. The number of halogens is 1. The number of methoxy groups -OCH3 is 1. The predicted octanol–water partition coefficient (Wildman–Crippen LogP) is 1.62. The summed E-state index contributed by atoms with van der Waals surface area (Å²) in [7, 11) is 1.60. The molecule has 4 nitrogen and oxygen atoms in total. The van der Waals surface area contributed by atoms with Crippen molar-refractivity contribution in [2.24, 2.45) is 0 Å². The van der Waals surface area contributed by atoms with Gasteiger partial charge in [-0.3, -0.25) is 4.79 Å². The first-order valence-electron chi connectivity index (χ1n) is 4.97. The van der Waals surface area contributed by atoms with Gasteiger partial charge in [0.15, 0.2) is 0 Å². The van der Waals surface area contributed by atoms with E-state index in [0.717, 1.165) is 10.2 Å². The molecule has 1 aromatic rings. The first kappa shape index (κ1) is 13.0. The molecule has 0 fully saturated rings. The fraction of sp³-hybridized carbons (Fsp3) is 0.364. The Morgan fingerprint density at radius 3 is 2.69 bits per heavy atom. The van der Waals surface area contributed by atoms with Crippen LogP contribution in [0.2, 0.25) is 0 Å². The minimum Gasteiger partial charge on any atom is -0.383 e. The van der Waals surface area contributed by atoms with E-state index in [2.05, 4.69) is 26.6 Å². The summed E-state index contributed by atoms with van der Waals surface area (Å²) in [6.07, 6.45) is 0. The molecular formula is C11H15BrN2O2. The van der Waals surface area contributed by atoms with Crippen molar-refractivity contribution >= 4 is 27.5 Å². The first-order chi connectivity index (χ1) is 7.72. The summed E-state index contributed by atoms with van der Waals surface area (Å²) in [5, 5.41) is 5.75. The Kier molecular flexibility index (Phi) is 5.88. The number of ether oxygens (including phenoxy) is 1. The van der Waals surface area contributed by atoms with Crippen LogP contribution < -0.4 is 10.6 Å². The molecule has 0 aliphatic rings. The van der Waals surface area contributed by atoms with Crippen LogP contribution in [0.25, 0.3) is 0 Å². The zero-order chi connectivity index (χ0) is 11.8. The van der Waals surface area contributed by atoms with Crippen LogP contribution >= 0.6 is 15.9 Å². The fourth-order valence-corrected chi connectivity index (χ4v) is 1.37. The SMILES string of the molecule is COCCNC(=O)CNc1ccc(Br)cc1.